The number of nitrogens with zero attached hydrogens (tertiary/aromatic N) is 5. The number of ether oxygens (including phenoxy) is 3. The molecule has 3 heterocycles. The molecule has 2 aliphatic heterocycles. The Balaban J connectivity index is 1.21. The summed E-state index contributed by atoms with van der Waals surface area (Å²) < 4.78 is 16.0. The average molecular weight is 550 g/mol. The maximum Gasteiger partial charge on any atom is 0.254 e. The molecule has 0 N–H and O–H groups in total. The number of anilines is 2. The number of rotatable bonds is 9. The molecule has 0 spiro atoms. The van der Waals surface area contributed by atoms with Crippen LogP contribution in [-0.2, 0) is 21.8 Å². The van der Waals surface area contributed by atoms with Crippen molar-refractivity contribution in [2.45, 2.75) is 17.5 Å². The van der Waals surface area contributed by atoms with Gasteiger partial charge in [-0.3, -0.25) is 4.79 Å². The van der Waals surface area contributed by atoms with Gasteiger partial charge in [-0.2, -0.15) is 0 Å². The van der Waals surface area contributed by atoms with E-state index in [0.29, 0.717) is 44.2 Å². The van der Waals surface area contributed by atoms with Gasteiger partial charge in [-0.15, -0.1) is 0 Å². The van der Waals surface area contributed by atoms with Crippen LogP contribution in [-0.4, -0.2) is 87.5 Å². The van der Waals surface area contributed by atoms with E-state index in [1.807, 2.05) is 47.4 Å². The molecule has 0 atom stereocenters. The van der Waals surface area contributed by atoms with Gasteiger partial charge in [0.05, 0.1) is 32.6 Å². The van der Waals surface area contributed by atoms with Crippen molar-refractivity contribution in [3.8, 4) is 5.75 Å². The van der Waals surface area contributed by atoms with E-state index in [4.69, 9.17) is 24.2 Å². The number of morpholine rings is 1. The van der Waals surface area contributed by atoms with Crippen molar-refractivity contribution in [3.63, 3.8) is 0 Å². The Bertz CT molecular complexity index is 1230. The van der Waals surface area contributed by atoms with Crippen molar-refractivity contribution in [1.82, 2.24) is 14.9 Å². The van der Waals surface area contributed by atoms with E-state index in [0.717, 1.165) is 54.2 Å². The van der Waals surface area contributed by atoms with Crippen LogP contribution in [0.15, 0.2) is 59.8 Å². The van der Waals surface area contributed by atoms with Gasteiger partial charge in [-0.25, -0.2) is 9.97 Å². The van der Waals surface area contributed by atoms with Crippen LogP contribution in [0.25, 0.3) is 0 Å². The first-order chi connectivity index (χ1) is 19.1. The number of thioether (sulfide) groups is 1. The predicted octanol–water partition coefficient (Wildman–Crippen LogP) is 3.72. The van der Waals surface area contributed by atoms with Crippen molar-refractivity contribution in [2.75, 3.05) is 76.5 Å². The Morgan fingerprint density at radius 3 is 2.26 bits per heavy atom. The standard InChI is InChI=1S/C29H35N5O4S/c1-36-20-24-19-27(33-13-11-32(12-14-33)25-7-9-26(37-2)10-8-25)31-29(30-24)39-21-22-3-5-23(6-4-22)28(35)34-15-17-38-18-16-34/h3-10,19H,11-18,20-21H2,1-2H3. The third-order valence-corrected chi connectivity index (χ3v) is 7.86. The molecule has 5 rings (SSSR count). The second kappa shape index (κ2) is 13.1. The van der Waals surface area contributed by atoms with Gasteiger partial charge < -0.3 is 28.9 Å². The second-order valence-electron chi connectivity index (χ2n) is 9.50. The molecule has 0 bridgehead atoms. The Hall–Kier alpha value is -3.34. The van der Waals surface area contributed by atoms with Gasteiger partial charge in [0, 0.05) is 69.4 Å². The van der Waals surface area contributed by atoms with Crippen LogP contribution in [0.1, 0.15) is 21.6 Å². The van der Waals surface area contributed by atoms with E-state index in [2.05, 4.69) is 21.9 Å². The first kappa shape index (κ1) is 27.2. The number of carbonyl (C=O) groups is 1. The molecule has 2 saturated heterocycles. The van der Waals surface area contributed by atoms with E-state index in [-0.39, 0.29) is 5.91 Å². The minimum atomic E-state index is 0.0600. The topological polar surface area (TPSA) is 80.3 Å². The SMILES string of the molecule is COCc1cc(N2CCN(c3ccc(OC)cc3)CC2)nc(SCc2ccc(C(=O)N3CCOCC3)cc2)n1. The Labute approximate surface area is 234 Å². The second-order valence-corrected chi connectivity index (χ2v) is 10.4. The number of methoxy groups -OCH3 is 2. The van der Waals surface area contributed by atoms with Crippen LogP contribution < -0.4 is 14.5 Å². The van der Waals surface area contributed by atoms with Crippen LogP contribution >= 0.6 is 11.8 Å². The molecule has 0 saturated carbocycles. The fourth-order valence-electron chi connectivity index (χ4n) is 4.74. The quantitative estimate of drug-likeness (QED) is 0.293. The third kappa shape index (κ3) is 7.00. The molecule has 39 heavy (non-hydrogen) atoms. The van der Waals surface area contributed by atoms with Crippen molar-refractivity contribution < 1.29 is 19.0 Å². The average Bonchev–Trinajstić information content (AvgIpc) is 3.00. The van der Waals surface area contributed by atoms with E-state index >= 15 is 0 Å². The minimum Gasteiger partial charge on any atom is -0.497 e. The predicted molar refractivity (Wildman–Crippen MR) is 153 cm³/mol. The summed E-state index contributed by atoms with van der Waals surface area (Å²) in [6, 6.07) is 18.1. The lowest BCUT2D eigenvalue weighted by molar-refractivity contribution is 0.0303. The molecule has 1 aromatic heterocycles. The molecule has 2 aliphatic rings. The lowest BCUT2D eigenvalue weighted by atomic mass is 10.1. The molecule has 3 aromatic rings. The number of hydrogen-bond donors (Lipinski definition) is 0. The molecule has 0 aliphatic carbocycles. The Morgan fingerprint density at radius 2 is 1.59 bits per heavy atom. The zero-order valence-electron chi connectivity index (χ0n) is 22.5. The molecule has 0 unspecified atom stereocenters. The number of carbonyl (C=O) groups excluding carboxylic acids is 1. The fraction of sp³-hybridized carbons (Fsp3) is 0.414. The van der Waals surface area contributed by atoms with Gasteiger partial charge in [-0.05, 0) is 42.0 Å². The van der Waals surface area contributed by atoms with E-state index in [1.54, 1.807) is 26.0 Å². The van der Waals surface area contributed by atoms with Crippen molar-refractivity contribution >= 4 is 29.2 Å². The number of aromatic nitrogens is 2. The maximum absolute atomic E-state index is 12.7. The van der Waals surface area contributed by atoms with E-state index < -0.39 is 0 Å². The molecule has 1 amide bonds. The van der Waals surface area contributed by atoms with E-state index in [9.17, 15) is 4.79 Å². The van der Waals surface area contributed by atoms with Gasteiger partial charge in [0.2, 0.25) is 0 Å². The zero-order chi connectivity index (χ0) is 27.0. The van der Waals surface area contributed by atoms with E-state index in [1.165, 1.54) is 5.69 Å². The van der Waals surface area contributed by atoms with Crippen LogP contribution in [0.4, 0.5) is 11.5 Å². The smallest absolute Gasteiger partial charge is 0.254 e. The van der Waals surface area contributed by atoms with Gasteiger partial charge in [0.1, 0.15) is 11.6 Å². The number of benzene rings is 2. The highest BCUT2D eigenvalue weighted by Crippen LogP contribution is 2.26. The summed E-state index contributed by atoms with van der Waals surface area (Å²) in [7, 11) is 3.37. The van der Waals surface area contributed by atoms with Gasteiger partial charge in [-0.1, -0.05) is 23.9 Å². The van der Waals surface area contributed by atoms with Crippen LogP contribution in [0.5, 0.6) is 5.75 Å². The fourth-order valence-corrected chi connectivity index (χ4v) is 5.56. The normalized spacial score (nSPS) is 15.9. The van der Waals surface area contributed by atoms with Gasteiger partial charge in [0.15, 0.2) is 5.16 Å². The van der Waals surface area contributed by atoms with Crippen molar-refractivity contribution in [3.05, 3.63) is 71.4 Å². The Morgan fingerprint density at radius 1 is 0.897 bits per heavy atom. The van der Waals surface area contributed by atoms with Gasteiger partial charge in [0.25, 0.3) is 5.91 Å². The molecular weight excluding hydrogens is 514 g/mol. The number of hydrogen-bond acceptors (Lipinski definition) is 9. The number of piperazine rings is 1. The molecular formula is C29H35N5O4S. The summed E-state index contributed by atoms with van der Waals surface area (Å²) in [5, 5.41) is 0.727. The summed E-state index contributed by atoms with van der Waals surface area (Å²) in [6.07, 6.45) is 0. The lowest BCUT2D eigenvalue weighted by Crippen LogP contribution is -2.46. The van der Waals surface area contributed by atoms with Crippen LogP contribution in [0.3, 0.4) is 0 Å². The van der Waals surface area contributed by atoms with Gasteiger partial charge >= 0.3 is 0 Å². The lowest BCUT2D eigenvalue weighted by Gasteiger charge is -2.37. The molecule has 10 heteroatoms. The summed E-state index contributed by atoms with van der Waals surface area (Å²) in [5.74, 6) is 2.57. The maximum atomic E-state index is 12.7. The molecule has 206 valence electrons. The largest absolute Gasteiger partial charge is 0.497 e. The monoisotopic (exact) mass is 549 g/mol. The zero-order valence-corrected chi connectivity index (χ0v) is 23.4. The van der Waals surface area contributed by atoms with Crippen LogP contribution in [0.2, 0.25) is 0 Å². The number of amides is 1. The van der Waals surface area contributed by atoms with Crippen LogP contribution in [0, 0.1) is 0 Å². The highest BCUT2D eigenvalue weighted by Gasteiger charge is 2.21. The highest BCUT2D eigenvalue weighted by molar-refractivity contribution is 7.98. The molecule has 2 aromatic carbocycles. The first-order valence-corrected chi connectivity index (χ1v) is 14.2. The summed E-state index contributed by atoms with van der Waals surface area (Å²) in [4.78, 5) is 28.9. The molecule has 2 fully saturated rings. The van der Waals surface area contributed by atoms with Crippen molar-refractivity contribution in [1.29, 1.82) is 0 Å². The van der Waals surface area contributed by atoms with Crippen molar-refractivity contribution in [2.24, 2.45) is 0 Å². The third-order valence-electron chi connectivity index (χ3n) is 6.95. The summed E-state index contributed by atoms with van der Waals surface area (Å²) in [5.41, 5.74) is 3.90. The molecule has 9 nitrogen and oxygen atoms in total. The summed E-state index contributed by atoms with van der Waals surface area (Å²) in [6.45, 7) is 6.49. The Kier molecular flexibility index (Phi) is 9.18. The molecule has 0 radical (unpaired) electrons. The summed E-state index contributed by atoms with van der Waals surface area (Å²) >= 11 is 1.60. The highest BCUT2D eigenvalue weighted by atomic mass is 32.2. The first-order valence-electron chi connectivity index (χ1n) is 13.2. The minimum absolute atomic E-state index is 0.0600.